The Balaban J connectivity index is 1.48. The van der Waals surface area contributed by atoms with Crippen LogP contribution >= 0.6 is 23.2 Å². The number of rotatable bonds is 4. The van der Waals surface area contributed by atoms with Crippen molar-refractivity contribution in [3.8, 4) is 0 Å². The molecular formula is C17H18Cl2N2O2. The first-order valence-electron chi connectivity index (χ1n) is 7.62. The number of furan rings is 1. The fourth-order valence-electron chi connectivity index (χ4n) is 2.73. The molecule has 2 heterocycles. The van der Waals surface area contributed by atoms with E-state index in [4.69, 9.17) is 27.6 Å². The van der Waals surface area contributed by atoms with E-state index in [9.17, 15) is 4.79 Å². The SMILES string of the molecule is O=C(c1ccco1)N1CCN(CCc2ccc(Cl)cc2Cl)CC1. The molecule has 0 spiro atoms. The average Bonchev–Trinajstić information content (AvgIpc) is 3.08. The molecule has 1 fully saturated rings. The highest BCUT2D eigenvalue weighted by Gasteiger charge is 2.23. The second kappa shape index (κ2) is 7.39. The quantitative estimate of drug-likeness (QED) is 0.843. The van der Waals surface area contributed by atoms with Crippen molar-refractivity contribution >= 4 is 29.1 Å². The Kier molecular flexibility index (Phi) is 5.26. The molecule has 1 amide bonds. The third kappa shape index (κ3) is 4.08. The van der Waals surface area contributed by atoms with E-state index in [0.29, 0.717) is 28.9 Å². The summed E-state index contributed by atoms with van der Waals surface area (Å²) in [6.45, 7) is 4.07. The van der Waals surface area contributed by atoms with E-state index in [1.54, 1.807) is 18.2 Å². The molecule has 0 N–H and O–H groups in total. The van der Waals surface area contributed by atoms with Gasteiger partial charge in [0.05, 0.1) is 6.26 Å². The van der Waals surface area contributed by atoms with Crippen molar-refractivity contribution in [2.24, 2.45) is 0 Å². The lowest BCUT2D eigenvalue weighted by Crippen LogP contribution is -2.49. The predicted octanol–water partition coefficient (Wildman–Crippen LogP) is 3.59. The molecule has 1 saturated heterocycles. The Hall–Kier alpha value is -1.49. The average molecular weight is 353 g/mol. The molecule has 2 aromatic rings. The predicted molar refractivity (Wildman–Crippen MR) is 91.2 cm³/mol. The lowest BCUT2D eigenvalue weighted by molar-refractivity contribution is 0.0607. The minimum absolute atomic E-state index is 0.0320. The number of carbonyl (C=O) groups excluding carboxylic acids is 1. The van der Waals surface area contributed by atoms with E-state index >= 15 is 0 Å². The van der Waals surface area contributed by atoms with Crippen LogP contribution in [0.4, 0.5) is 0 Å². The molecule has 122 valence electrons. The van der Waals surface area contributed by atoms with Gasteiger partial charge in [0.25, 0.3) is 5.91 Å². The molecule has 6 heteroatoms. The molecule has 1 aliphatic rings. The van der Waals surface area contributed by atoms with Gasteiger partial charge in [-0.15, -0.1) is 0 Å². The third-order valence-electron chi connectivity index (χ3n) is 4.10. The largest absolute Gasteiger partial charge is 0.459 e. The van der Waals surface area contributed by atoms with Crippen LogP contribution in [0, 0.1) is 0 Å². The lowest BCUT2D eigenvalue weighted by atomic mass is 10.1. The third-order valence-corrected chi connectivity index (χ3v) is 4.69. The summed E-state index contributed by atoms with van der Waals surface area (Å²) in [4.78, 5) is 16.4. The molecule has 3 rings (SSSR count). The maximum absolute atomic E-state index is 12.2. The Morgan fingerprint density at radius 3 is 2.57 bits per heavy atom. The van der Waals surface area contributed by atoms with Crippen LogP contribution in [0.15, 0.2) is 41.0 Å². The van der Waals surface area contributed by atoms with Crippen LogP contribution in [-0.4, -0.2) is 48.4 Å². The van der Waals surface area contributed by atoms with Gasteiger partial charge in [-0.05, 0) is 36.2 Å². The summed E-state index contributed by atoms with van der Waals surface area (Å²) >= 11 is 12.1. The number of hydrogen-bond donors (Lipinski definition) is 0. The molecule has 0 unspecified atom stereocenters. The van der Waals surface area contributed by atoms with Gasteiger partial charge in [-0.1, -0.05) is 29.3 Å². The lowest BCUT2D eigenvalue weighted by Gasteiger charge is -2.34. The van der Waals surface area contributed by atoms with Crippen molar-refractivity contribution in [1.29, 1.82) is 0 Å². The zero-order valence-corrected chi connectivity index (χ0v) is 14.2. The monoisotopic (exact) mass is 352 g/mol. The van der Waals surface area contributed by atoms with Crippen molar-refractivity contribution in [3.05, 3.63) is 58.0 Å². The minimum Gasteiger partial charge on any atom is -0.459 e. The van der Waals surface area contributed by atoms with Crippen molar-refractivity contribution in [3.63, 3.8) is 0 Å². The highest BCUT2D eigenvalue weighted by Crippen LogP contribution is 2.21. The first-order valence-corrected chi connectivity index (χ1v) is 8.38. The second-order valence-corrected chi connectivity index (χ2v) is 6.44. The molecule has 1 aromatic heterocycles. The fraction of sp³-hybridized carbons (Fsp3) is 0.353. The van der Waals surface area contributed by atoms with Crippen molar-refractivity contribution in [2.75, 3.05) is 32.7 Å². The number of hydrogen-bond acceptors (Lipinski definition) is 3. The van der Waals surface area contributed by atoms with Crippen LogP contribution in [0.1, 0.15) is 16.1 Å². The second-order valence-electron chi connectivity index (χ2n) is 5.60. The maximum atomic E-state index is 12.2. The summed E-state index contributed by atoms with van der Waals surface area (Å²) < 4.78 is 5.17. The van der Waals surface area contributed by atoms with Gasteiger partial charge in [-0.2, -0.15) is 0 Å². The number of amides is 1. The minimum atomic E-state index is -0.0320. The molecule has 0 atom stereocenters. The van der Waals surface area contributed by atoms with Gasteiger partial charge < -0.3 is 9.32 Å². The van der Waals surface area contributed by atoms with Gasteiger partial charge in [0, 0.05) is 42.8 Å². The smallest absolute Gasteiger partial charge is 0.289 e. The summed E-state index contributed by atoms with van der Waals surface area (Å²) in [7, 11) is 0. The van der Waals surface area contributed by atoms with Crippen LogP contribution in [-0.2, 0) is 6.42 Å². The van der Waals surface area contributed by atoms with Gasteiger partial charge in [-0.3, -0.25) is 9.69 Å². The van der Waals surface area contributed by atoms with Crippen molar-refractivity contribution in [1.82, 2.24) is 9.80 Å². The summed E-state index contributed by atoms with van der Waals surface area (Å²) in [5, 5.41) is 1.37. The first-order chi connectivity index (χ1) is 11.1. The number of halogens is 2. The van der Waals surface area contributed by atoms with Crippen LogP contribution < -0.4 is 0 Å². The topological polar surface area (TPSA) is 36.7 Å². The number of carbonyl (C=O) groups is 1. The molecule has 23 heavy (non-hydrogen) atoms. The van der Waals surface area contributed by atoms with Crippen LogP contribution in [0.3, 0.4) is 0 Å². The van der Waals surface area contributed by atoms with E-state index in [1.165, 1.54) is 6.26 Å². The number of piperazine rings is 1. The number of benzene rings is 1. The highest BCUT2D eigenvalue weighted by molar-refractivity contribution is 6.35. The van der Waals surface area contributed by atoms with Crippen molar-refractivity contribution < 1.29 is 9.21 Å². The Morgan fingerprint density at radius 2 is 1.91 bits per heavy atom. The van der Waals surface area contributed by atoms with Crippen LogP contribution in [0.5, 0.6) is 0 Å². The number of nitrogens with zero attached hydrogens (tertiary/aromatic N) is 2. The molecule has 0 saturated carbocycles. The summed E-state index contributed by atoms with van der Waals surface area (Å²) in [6, 6.07) is 9.05. The van der Waals surface area contributed by atoms with E-state index in [2.05, 4.69) is 4.90 Å². The van der Waals surface area contributed by atoms with E-state index in [-0.39, 0.29) is 5.91 Å². The summed E-state index contributed by atoms with van der Waals surface area (Å²) in [5.41, 5.74) is 1.10. The molecule has 1 aromatic carbocycles. The van der Waals surface area contributed by atoms with E-state index < -0.39 is 0 Å². The van der Waals surface area contributed by atoms with Crippen LogP contribution in [0.2, 0.25) is 10.0 Å². The molecule has 0 radical (unpaired) electrons. The van der Waals surface area contributed by atoms with Gasteiger partial charge in [-0.25, -0.2) is 0 Å². The van der Waals surface area contributed by atoms with E-state index in [0.717, 1.165) is 31.6 Å². The zero-order valence-electron chi connectivity index (χ0n) is 12.7. The Labute approximate surface area is 145 Å². The standard InChI is InChI=1S/C17H18Cl2N2O2/c18-14-4-3-13(15(19)12-14)5-6-20-7-9-21(10-8-20)17(22)16-2-1-11-23-16/h1-4,11-12H,5-10H2. The van der Waals surface area contributed by atoms with Gasteiger partial charge in [0.15, 0.2) is 5.76 Å². The Morgan fingerprint density at radius 1 is 1.13 bits per heavy atom. The summed E-state index contributed by atoms with van der Waals surface area (Å²) in [5.74, 6) is 0.377. The zero-order chi connectivity index (χ0) is 16.2. The maximum Gasteiger partial charge on any atom is 0.289 e. The normalized spacial score (nSPS) is 15.8. The molecular weight excluding hydrogens is 335 g/mol. The van der Waals surface area contributed by atoms with Crippen molar-refractivity contribution in [2.45, 2.75) is 6.42 Å². The first kappa shape index (κ1) is 16.4. The Bertz CT molecular complexity index is 665. The van der Waals surface area contributed by atoms with Gasteiger partial charge in [0.1, 0.15) is 0 Å². The van der Waals surface area contributed by atoms with Crippen LogP contribution in [0.25, 0.3) is 0 Å². The molecule has 0 bridgehead atoms. The summed E-state index contributed by atoms with van der Waals surface area (Å²) in [6.07, 6.45) is 2.40. The molecule has 1 aliphatic heterocycles. The molecule has 4 nitrogen and oxygen atoms in total. The molecule has 0 aliphatic carbocycles. The highest BCUT2D eigenvalue weighted by atomic mass is 35.5. The van der Waals surface area contributed by atoms with E-state index in [1.807, 2.05) is 17.0 Å². The van der Waals surface area contributed by atoms with Gasteiger partial charge >= 0.3 is 0 Å². The fourth-order valence-corrected chi connectivity index (χ4v) is 3.24. The van der Waals surface area contributed by atoms with Gasteiger partial charge in [0.2, 0.25) is 0 Å².